The van der Waals surface area contributed by atoms with Crippen LogP contribution in [0.1, 0.15) is 89.1 Å². The predicted molar refractivity (Wildman–Crippen MR) is 355 cm³/mol. The van der Waals surface area contributed by atoms with Gasteiger partial charge in [0.05, 0.1) is 81.6 Å². The molecule has 12 heterocycles. The Kier molecular flexibility index (Phi) is 21.9. The Morgan fingerprint density at radius 1 is 0.515 bits per heavy atom. The van der Waals surface area contributed by atoms with E-state index in [1.807, 2.05) is 36.4 Å². The highest BCUT2D eigenvalue weighted by Gasteiger charge is 2.51. The number of aryl methyl sites for hydroxylation is 2. The Morgan fingerprint density at radius 3 is 1.38 bits per heavy atom. The third-order valence-corrected chi connectivity index (χ3v) is 15.4. The Morgan fingerprint density at radius 2 is 0.939 bits per heavy atom. The van der Waals surface area contributed by atoms with Gasteiger partial charge >= 0.3 is 13.1 Å². The summed E-state index contributed by atoms with van der Waals surface area (Å²) in [6.07, 6.45) is 16.3. The van der Waals surface area contributed by atoms with E-state index >= 15 is 0 Å². The number of imidazole rings is 2. The van der Waals surface area contributed by atoms with Crippen LogP contribution in [0.5, 0.6) is 0 Å². The van der Waals surface area contributed by atoms with Crippen molar-refractivity contribution >= 4 is 92.8 Å². The molecule has 1 aliphatic rings. The quantitative estimate of drug-likeness (QED) is 0.0370. The van der Waals surface area contributed by atoms with Crippen LogP contribution in [0.4, 0.5) is 30.6 Å². The number of benzene rings is 2. The number of carboxylic acid groups (broad SMARTS) is 1. The largest absolute Gasteiger partial charge is 0.494 e. The van der Waals surface area contributed by atoms with E-state index in [4.69, 9.17) is 73.8 Å². The number of carboxylic acids is 1. The topological polar surface area (TPSA) is 445 Å². The highest BCUT2D eigenvalue weighted by Crippen LogP contribution is 2.37. The summed E-state index contributed by atoms with van der Waals surface area (Å²) in [5, 5.41) is 8.54. The second kappa shape index (κ2) is 31.0. The molecular weight excluding hydrogens is 1330 g/mol. The van der Waals surface area contributed by atoms with Crippen LogP contribution in [0.25, 0.3) is 68.1 Å². The number of anilines is 3. The van der Waals surface area contributed by atoms with E-state index in [2.05, 4.69) is 107 Å². The van der Waals surface area contributed by atoms with Gasteiger partial charge in [0.15, 0.2) is 62.1 Å². The van der Waals surface area contributed by atoms with Crippen LogP contribution in [0.15, 0.2) is 155 Å². The molecule has 0 amide bonds. The number of H-pyrrole nitrogens is 2. The number of nitrogens with zero attached hydrogens (tertiary/aromatic N) is 14. The minimum Gasteiger partial charge on any atom is -0.476 e. The third kappa shape index (κ3) is 16.7. The smallest absolute Gasteiger partial charge is 0.476 e. The maximum absolute atomic E-state index is 13.9. The molecule has 35 heteroatoms. The highest BCUT2D eigenvalue weighted by molar-refractivity contribution is 6.62. The second-order valence-corrected chi connectivity index (χ2v) is 22.6. The summed E-state index contributed by atoms with van der Waals surface area (Å²) in [6.45, 7) is 8.39. The molecule has 29 nitrogen and oxygen atoms in total. The van der Waals surface area contributed by atoms with E-state index < -0.39 is 29.1 Å². The van der Waals surface area contributed by atoms with Crippen molar-refractivity contribution in [1.82, 2.24) is 79.7 Å². The number of aromatic nitrogens is 16. The summed E-state index contributed by atoms with van der Waals surface area (Å²) >= 11 is 11.8. The van der Waals surface area contributed by atoms with Crippen LogP contribution in [0.3, 0.4) is 0 Å². The first-order valence-corrected chi connectivity index (χ1v) is 30.3. The number of oxazole rings is 3. The summed E-state index contributed by atoms with van der Waals surface area (Å²) in [7, 11) is -0.317. The molecule has 1 fully saturated rings. The second-order valence-electron chi connectivity index (χ2n) is 21.9. The number of carbonyl (C=O) groups excluding carboxylic acids is 2. The summed E-state index contributed by atoms with van der Waals surface area (Å²) in [5.41, 5.74) is 28.2. The van der Waals surface area contributed by atoms with Crippen LogP contribution >= 0.6 is 23.2 Å². The maximum atomic E-state index is 13.9. The molecule has 0 saturated carbocycles. The van der Waals surface area contributed by atoms with Gasteiger partial charge in [-0.1, -0.05) is 35.3 Å². The number of Topliss-reactive ketones (excluding diaryl/α,β-unsaturated/α-hetero) is 2. The van der Waals surface area contributed by atoms with Crippen LogP contribution in [0.2, 0.25) is 10.3 Å². The van der Waals surface area contributed by atoms with Gasteiger partial charge in [-0.2, -0.15) is 0 Å². The van der Waals surface area contributed by atoms with Crippen molar-refractivity contribution in [3.05, 3.63) is 203 Å². The van der Waals surface area contributed by atoms with Crippen LogP contribution in [0, 0.1) is 17.5 Å². The molecular formula is C64H56BCl2F3N20O9. The third-order valence-electron chi connectivity index (χ3n) is 14.9. The lowest BCUT2D eigenvalue weighted by molar-refractivity contribution is 0.00578. The van der Waals surface area contributed by atoms with Gasteiger partial charge in [0, 0.05) is 43.5 Å². The van der Waals surface area contributed by atoms with Crippen LogP contribution < -0.4 is 28.4 Å². The molecule has 504 valence electrons. The molecule has 11 aromatic heterocycles. The highest BCUT2D eigenvalue weighted by atomic mass is 35.5. The van der Waals surface area contributed by atoms with E-state index in [0.717, 1.165) is 27.5 Å². The molecule has 1 aliphatic heterocycles. The number of nitrogen functional groups attached to an aromatic ring is 3. The lowest BCUT2D eigenvalue weighted by Crippen LogP contribution is -2.41. The number of ketones is 2. The monoisotopic (exact) mass is 1390 g/mol. The number of fused-ring (bicyclic) bond motifs is 2. The van der Waals surface area contributed by atoms with Gasteiger partial charge in [-0.15, -0.1) is 0 Å². The Labute approximate surface area is 568 Å². The molecule has 0 spiro atoms. The zero-order valence-electron chi connectivity index (χ0n) is 52.6. The van der Waals surface area contributed by atoms with Gasteiger partial charge in [-0.25, -0.2) is 72.8 Å². The summed E-state index contributed by atoms with van der Waals surface area (Å²) in [6, 6.07) is 19.9. The van der Waals surface area contributed by atoms with E-state index in [1.54, 1.807) is 12.7 Å². The number of nitrogens with two attached hydrogens (primary N) is 4. The number of carbonyl (C=O) groups is 3. The molecule has 11 N–H and O–H groups in total. The number of rotatable bonds is 15. The number of aromatic carboxylic acids is 1. The zero-order valence-corrected chi connectivity index (χ0v) is 54.1. The van der Waals surface area contributed by atoms with Gasteiger partial charge in [-0.3, -0.25) is 24.5 Å². The van der Waals surface area contributed by atoms with Gasteiger partial charge < -0.3 is 60.6 Å². The molecule has 14 rings (SSSR count). The van der Waals surface area contributed by atoms with Crippen molar-refractivity contribution in [3.8, 4) is 46.0 Å². The number of nitrogens with one attached hydrogen (secondary N) is 2. The molecule has 0 unspecified atom stereocenters. The minimum absolute atomic E-state index is 0.00338. The van der Waals surface area contributed by atoms with Crippen molar-refractivity contribution in [2.24, 2.45) is 5.73 Å². The maximum Gasteiger partial charge on any atom is 0.494 e. The number of pyridine rings is 3. The average molecular weight is 1390 g/mol. The van der Waals surface area contributed by atoms with Crippen LogP contribution in [-0.4, -0.2) is 121 Å². The first-order chi connectivity index (χ1) is 47.5. The predicted octanol–water partition coefficient (Wildman–Crippen LogP) is 9.93. The van der Waals surface area contributed by atoms with Crippen LogP contribution in [-0.2, 0) is 28.7 Å². The Balaban J connectivity index is 0.000000141. The Bertz CT molecular complexity index is 4980. The number of halogens is 5. The van der Waals surface area contributed by atoms with Crippen molar-refractivity contribution in [2.45, 2.75) is 71.1 Å². The van der Waals surface area contributed by atoms with Crippen molar-refractivity contribution in [1.29, 1.82) is 0 Å². The van der Waals surface area contributed by atoms with Gasteiger partial charge in [-0.05, 0) is 107 Å². The van der Waals surface area contributed by atoms with Crippen molar-refractivity contribution in [3.63, 3.8) is 0 Å². The molecule has 0 radical (unpaired) electrons. The molecule has 2 aromatic carbocycles. The number of aromatic amines is 2. The fraction of sp³-hybridized carbons (Fsp3) is 0.172. The standard InChI is InChI=1S/C22H16FN7O2.C15H11ClFN5O2.C13H17BN2O2.C8H5ClN4O3.C6H7FN2/c23-13-2-1-7-25-14(13)5-6-17(31)19-21(24)30-20(22-26-8-9-32-22)18(29-19)12-3-4-15-16(10-12)28-11-27-15;16-13-12(15-20-6-7-24-15)22-14(18)11(21-13)10(23)4-3-9-8(17)2-1-5-19-9;1-12(2)13(3,4)18-14(17-12)9-5-6-10-11(7-9)16-8-15-10;9-5-3(7-11-1-2-16-7)13-6(10)4(12-5)8(14)15;7-5-2-1-3-9-6(5)4-8/h1-4,7-11H,5-6H2,(H2,24,30)(H,27,28);1-2,5-7H,3-4H2,(H2,18,22);5-8H,1-4H3,(H,15,16);1-2H,(H2,10,13)(H,14,15);1-3H,4,8H2. The first-order valence-electron chi connectivity index (χ1n) is 29.5. The summed E-state index contributed by atoms with van der Waals surface area (Å²) in [5.74, 6) is -3.26. The fourth-order valence-electron chi connectivity index (χ4n) is 9.15. The lowest BCUT2D eigenvalue weighted by Gasteiger charge is -2.32. The minimum atomic E-state index is -1.30. The molecule has 0 aliphatic carbocycles. The Hall–Kier alpha value is -11.8. The first kappa shape index (κ1) is 70.0. The zero-order chi connectivity index (χ0) is 70.5. The van der Waals surface area contributed by atoms with Gasteiger partial charge in [0.2, 0.25) is 17.7 Å². The van der Waals surface area contributed by atoms with Gasteiger partial charge in [0.25, 0.3) is 0 Å². The normalized spacial score (nSPS) is 12.7. The molecule has 1 saturated heterocycles. The van der Waals surface area contributed by atoms with E-state index in [-0.39, 0.29) is 142 Å². The number of hydrogen-bond donors (Lipinski definition) is 7. The SMILES string of the molecule is CC1(C)OB(c2ccc3nc[nH]c3c2)OC1(C)C.NCc1ncccc1F.Nc1nc(-c2ncco2)c(-c2ccc3nc[nH]c3c2)nc1C(=O)CCc1ncccc1F.Nc1nc(-c2ncco2)c(Cl)nc1C(=O)CCc1ncccc1F.Nc1nc(-c2ncco2)c(Cl)nc1C(=O)O. The van der Waals surface area contributed by atoms with Gasteiger partial charge in [0.1, 0.15) is 53.3 Å². The van der Waals surface area contributed by atoms with E-state index in [9.17, 15) is 27.6 Å². The summed E-state index contributed by atoms with van der Waals surface area (Å²) in [4.78, 5) is 98.2. The van der Waals surface area contributed by atoms with E-state index in [0.29, 0.717) is 22.6 Å². The molecule has 0 atom stereocenters. The van der Waals surface area contributed by atoms with Crippen molar-refractivity contribution < 1.29 is 55.2 Å². The molecule has 0 bridgehead atoms. The molecule has 99 heavy (non-hydrogen) atoms. The average Bonchev–Trinajstić information content (AvgIpc) is 1.66. The van der Waals surface area contributed by atoms with E-state index in [1.165, 1.54) is 92.4 Å². The molecule has 13 aromatic rings. The fourth-order valence-corrected chi connectivity index (χ4v) is 9.57. The summed E-state index contributed by atoms with van der Waals surface area (Å²) < 4.78 is 67.3. The number of hydrogen-bond acceptors (Lipinski definition) is 26. The van der Waals surface area contributed by atoms with Crippen molar-refractivity contribution in [2.75, 3.05) is 17.2 Å². The lowest BCUT2D eigenvalue weighted by atomic mass is 9.79.